The summed E-state index contributed by atoms with van der Waals surface area (Å²) in [6.45, 7) is 8.86. The fraction of sp³-hybridized carbons (Fsp3) is 0.316. The minimum absolute atomic E-state index is 0.612. The molecule has 0 atom stereocenters. The van der Waals surface area contributed by atoms with Gasteiger partial charge in [0.25, 0.3) is 0 Å². The highest BCUT2D eigenvalue weighted by Gasteiger charge is 2.06. The van der Waals surface area contributed by atoms with Crippen molar-refractivity contribution in [3.63, 3.8) is 0 Å². The molecule has 24 heavy (non-hydrogen) atoms. The zero-order valence-corrected chi connectivity index (χ0v) is 16.0. The third-order valence-electron chi connectivity index (χ3n) is 3.93. The highest BCUT2D eigenvalue weighted by atomic mass is 35.5. The van der Waals surface area contributed by atoms with Crippen molar-refractivity contribution in [2.24, 2.45) is 0 Å². The van der Waals surface area contributed by atoms with E-state index >= 15 is 0 Å². The third kappa shape index (κ3) is 5.11. The van der Waals surface area contributed by atoms with Gasteiger partial charge in [0.05, 0.1) is 0 Å². The minimum Gasteiger partial charge on any atom is -0.370 e. The van der Waals surface area contributed by atoms with E-state index in [0.29, 0.717) is 5.11 Å². The second-order valence-electron chi connectivity index (χ2n) is 5.71. The summed E-state index contributed by atoms with van der Waals surface area (Å²) < 4.78 is 0. The molecule has 0 radical (unpaired) electrons. The maximum absolute atomic E-state index is 6.13. The molecule has 2 aromatic carbocycles. The lowest BCUT2D eigenvalue weighted by Crippen LogP contribution is -2.37. The number of likely N-dealkylation sites (N-methyl/N-ethyl adjacent to an activating group) is 1. The lowest BCUT2D eigenvalue weighted by atomic mass is 10.2. The Morgan fingerprint density at radius 3 is 2.62 bits per heavy atom. The third-order valence-corrected chi connectivity index (χ3v) is 4.59. The standard InChI is InChI=1S/C19H24ClN3S/c1-4-23(16-8-5-7-14(2)13-16)12-11-21-19(24)22-18-10-6-9-17(20)15(18)3/h5-10,13H,4,11-12H2,1-3H3,(H2,21,22,24). The van der Waals surface area contributed by atoms with Crippen LogP contribution in [0.3, 0.4) is 0 Å². The molecule has 0 aliphatic heterocycles. The zero-order valence-electron chi connectivity index (χ0n) is 14.4. The zero-order chi connectivity index (χ0) is 17.5. The molecule has 0 unspecified atom stereocenters. The number of thiocarbonyl (C=S) groups is 1. The quantitative estimate of drug-likeness (QED) is 0.725. The summed E-state index contributed by atoms with van der Waals surface area (Å²) in [6, 6.07) is 14.3. The molecular formula is C19H24ClN3S. The number of benzene rings is 2. The summed E-state index contributed by atoms with van der Waals surface area (Å²) in [4.78, 5) is 2.33. The predicted molar refractivity (Wildman–Crippen MR) is 109 cm³/mol. The molecule has 0 fully saturated rings. The van der Waals surface area contributed by atoms with Crippen LogP contribution < -0.4 is 15.5 Å². The van der Waals surface area contributed by atoms with Crippen LogP contribution in [-0.4, -0.2) is 24.7 Å². The molecule has 0 amide bonds. The summed E-state index contributed by atoms with van der Waals surface area (Å²) in [7, 11) is 0. The van der Waals surface area contributed by atoms with Gasteiger partial charge in [0.1, 0.15) is 0 Å². The Balaban J connectivity index is 1.86. The first-order chi connectivity index (χ1) is 11.5. The Morgan fingerprint density at radius 2 is 1.92 bits per heavy atom. The van der Waals surface area contributed by atoms with E-state index in [4.69, 9.17) is 23.8 Å². The highest BCUT2D eigenvalue weighted by molar-refractivity contribution is 7.80. The van der Waals surface area contributed by atoms with E-state index in [-0.39, 0.29) is 0 Å². The van der Waals surface area contributed by atoms with Crippen LogP contribution in [0.15, 0.2) is 42.5 Å². The summed E-state index contributed by atoms with van der Waals surface area (Å²) in [5.41, 5.74) is 4.45. The predicted octanol–water partition coefficient (Wildman–Crippen LogP) is 4.77. The average molecular weight is 362 g/mol. The maximum Gasteiger partial charge on any atom is 0.170 e. The van der Waals surface area contributed by atoms with Gasteiger partial charge in [-0.15, -0.1) is 0 Å². The van der Waals surface area contributed by atoms with Crippen LogP contribution in [0.1, 0.15) is 18.1 Å². The number of aryl methyl sites for hydroxylation is 1. The number of rotatable bonds is 6. The van der Waals surface area contributed by atoms with Crippen LogP contribution in [-0.2, 0) is 0 Å². The molecule has 0 bridgehead atoms. The number of nitrogens with one attached hydrogen (secondary N) is 2. The Labute approximate surface area is 155 Å². The topological polar surface area (TPSA) is 27.3 Å². The van der Waals surface area contributed by atoms with Crippen molar-refractivity contribution in [2.75, 3.05) is 29.9 Å². The average Bonchev–Trinajstić information content (AvgIpc) is 2.56. The highest BCUT2D eigenvalue weighted by Crippen LogP contribution is 2.22. The van der Waals surface area contributed by atoms with Crippen molar-refractivity contribution in [3.05, 3.63) is 58.6 Å². The van der Waals surface area contributed by atoms with Crippen LogP contribution >= 0.6 is 23.8 Å². The Kier molecular flexibility index (Phi) is 6.88. The molecule has 0 aromatic heterocycles. The lowest BCUT2D eigenvalue weighted by Gasteiger charge is -2.24. The lowest BCUT2D eigenvalue weighted by molar-refractivity contribution is 0.779. The molecule has 0 aliphatic carbocycles. The summed E-state index contributed by atoms with van der Waals surface area (Å²) in [5, 5.41) is 7.82. The summed E-state index contributed by atoms with van der Waals surface area (Å²) >= 11 is 11.5. The molecule has 0 spiro atoms. The van der Waals surface area contributed by atoms with E-state index in [9.17, 15) is 0 Å². The largest absolute Gasteiger partial charge is 0.370 e. The van der Waals surface area contributed by atoms with Crippen molar-refractivity contribution in [1.29, 1.82) is 0 Å². The molecule has 2 aromatic rings. The molecule has 2 N–H and O–H groups in total. The van der Waals surface area contributed by atoms with Crippen molar-refractivity contribution in [1.82, 2.24) is 5.32 Å². The molecule has 2 rings (SSSR count). The van der Waals surface area contributed by atoms with Crippen molar-refractivity contribution >= 4 is 40.3 Å². The second kappa shape index (κ2) is 8.90. The molecule has 0 aliphatic rings. The first-order valence-electron chi connectivity index (χ1n) is 8.13. The molecular weight excluding hydrogens is 338 g/mol. The van der Waals surface area contributed by atoms with Gasteiger partial charge in [-0.1, -0.05) is 29.8 Å². The van der Waals surface area contributed by atoms with Gasteiger partial charge < -0.3 is 15.5 Å². The van der Waals surface area contributed by atoms with Crippen LogP contribution in [0, 0.1) is 13.8 Å². The normalized spacial score (nSPS) is 10.3. The number of hydrogen-bond acceptors (Lipinski definition) is 2. The Hall–Kier alpha value is -1.78. The van der Waals surface area contributed by atoms with E-state index in [2.05, 4.69) is 53.6 Å². The maximum atomic E-state index is 6.13. The number of anilines is 2. The van der Waals surface area contributed by atoms with Crippen molar-refractivity contribution in [3.8, 4) is 0 Å². The Bertz CT molecular complexity index is 703. The fourth-order valence-corrected chi connectivity index (χ4v) is 2.89. The monoisotopic (exact) mass is 361 g/mol. The second-order valence-corrected chi connectivity index (χ2v) is 6.53. The first-order valence-corrected chi connectivity index (χ1v) is 8.91. The van der Waals surface area contributed by atoms with E-state index in [1.807, 2.05) is 25.1 Å². The number of nitrogens with zero attached hydrogens (tertiary/aromatic N) is 1. The fourth-order valence-electron chi connectivity index (χ4n) is 2.51. The van der Waals surface area contributed by atoms with E-state index in [0.717, 1.165) is 35.9 Å². The van der Waals surface area contributed by atoms with Gasteiger partial charge in [0.15, 0.2) is 5.11 Å². The minimum atomic E-state index is 0.612. The SMILES string of the molecule is CCN(CCNC(=S)Nc1cccc(Cl)c1C)c1cccc(C)c1. The van der Waals surface area contributed by atoms with E-state index in [1.54, 1.807) is 0 Å². The van der Waals surface area contributed by atoms with Gasteiger partial charge in [0, 0.05) is 36.0 Å². The van der Waals surface area contributed by atoms with Crippen LogP contribution in [0.4, 0.5) is 11.4 Å². The van der Waals surface area contributed by atoms with Gasteiger partial charge in [0.2, 0.25) is 0 Å². The number of hydrogen-bond donors (Lipinski definition) is 2. The van der Waals surface area contributed by atoms with Crippen molar-refractivity contribution < 1.29 is 0 Å². The van der Waals surface area contributed by atoms with Gasteiger partial charge in [-0.2, -0.15) is 0 Å². The smallest absolute Gasteiger partial charge is 0.170 e. The van der Waals surface area contributed by atoms with Gasteiger partial charge in [-0.05, 0) is 68.4 Å². The van der Waals surface area contributed by atoms with E-state index in [1.165, 1.54) is 11.3 Å². The molecule has 3 nitrogen and oxygen atoms in total. The van der Waals surface area contributed by atoms with Crippen LogP contribution in [0.25, 0.3) is 0 Å². The van der Waals surface area contributed by atoms with Crippen molar-refractivity contribution in [2.45, 2.75) is 20.8 Å². The first kappa shape index (κ1) is 18.6. The molecule has 0 heterocycles. The molecule has 128 valence electrons. The Morgan fingerprint density at radius 1 is 1.17 bits per heavy atom. The number of halogens is 1. The summed E-state index contributed by atoms with van der Waals surface area (Å²) in [5.74, 6) is 0. The van der Waals surface area contributed by atoms with Gasteiger partial charge in [-0.25, -0.2) is 0 Å². The van der Waals surface area contributed by atoms with Crippen LogP contribution in [0.2, 0.25) is 5.02 Å². The van der Waals surface area contributed by atoms with E-state index < -0.39 is 0 Å². The summed E-state index contributed by atoms with van der Waals surface area (Å²) in [6.07, 6.45) is 0. The van der Waals surface area contributed by atoms with Gasteiger partial charge >= 0.3 is 0 Å². The van der Waals surface area contributed by atoms with Gasteiger partial charge in [-0.3, -0.25) is 0 Å². The molecule has 0 saturated carbocycles. The van der Waals surface area contributed by atoms with Crippen LogP contribution in [0.5, 0.6) is 0 Å². The molecule has 5 heteroatoms. The molecule has 0 saturated heterocycles.